The Kier molecular flexibility index (Phi) is 4.12. The molecule has 0 aromatic carbocycles. The average Bonchev–Trinajstić information content (AvgIpc) is 2.71. The van der Waals surface area contributed by atoms with Crippen LogP contribution in [0.4, 0.5) is 0 Å². The monoisotopic (exact) mass is 198 g/mol. The third kappa shape index (κ3) is 2.85. The second-order valence-corrected chi connectivity index (χ2v) is 2.86. The first-order valence-electron chi connectivity index (χ1n) is 4.48. The van der Waals surface area contributed by atoms with Crippen molar-refractivity contribution in [1.29, 1.82) is 0 Å². The smallest absolute Gasteiger partial charge is 0.322 e. The molecule has 1 N–H and O–H groups in total. The molecule has 0 saturated heterocycles. The maximum absolute atomic E-state index is 11.2. The van der Waals surface area contributed by atoms with Crippen molar-refractivity contribution < 1.29 is 14.1 Å². The van der Waals surface area contributed by atoms with Gasteiger partial charge in [-0.1, -0.05) is 12.1 Å². The van der Waals surface area contributed by atoms with Crippen molar-refractivity contribution in [2.45, 2.75) is 25.9 Å². The summed E-state index contributed by atoms with van der Waals surface area (Å²) in [5.74, 6) is -0.254. The van der Waals surface area contributed by atoms with E-state index in [1.165, 1.54) is 13.4 Å². The van der Waals surface area contributed by atoms with E-state index in [2.05, 4.69) is 19.7 Å². The van der Waals surface area contributed by atoms with Crippen molar-refractivity contribution in [3.63, 3.8) is 0 Å². The maximum Gasteiger partial charge on any atom is 0.322 e. The summed E-state index contributed by atoms with van der Waals surface area (Å²) in [6, 6.07) is 1.47. The summed E-state index contributed by atoms with van der Waals surface area (Å²) in [6.07, 6.45) is 2.18. The standard InChI is InChI=1S/C9H14N2O3/c1-3-8(9(12)13-2)10-6-7-4-5-14-11-7/h4-5,8,10H,3,6H2,1-2H3. The average molecular weight is 198 g/mol. The van der Waals surface area contributed by atoms with Crippen molar-refractivity contribution in [1.82, 2.24) is 10.5 Å². The van der Waals surface area contributed by atoms with Crippen LogP contribution in [0.15, 0.2) is 16.9 Å². The van der Waals surface area contributed by atoms with Gasteiger partial charge in [0.1, 0.15) is 12.3 Å². The highest BCUT2D eigenvalue weighted by molar-refractivity contribution is 5.75. The molecule has 14 heavy (non-hydrogen) atoms. The zero-order valence-electron chi connectivity index (χ0n) is 8.32. The van der Waals surface area contributed by atoms with Crippen molar-refractivity contribution in [3.8, 4) is 0 Å². The zero-order chi connectivity index (χ0) is 10.4. The number of carbonyl (C=O) groups is 1. The zero-order valence-corrected chi connectivity index (χ0v) is 8.32. The molecule has 1 atom stereocenters. The Balaban J connectivity index is 2.38. The predicted molar refractivity (Wildman–Crippen MR) is 49.4 cm³/mol. The lowest BCUT2D eigenvalue weighted by Gasteiger charge is -2.12. The highest BCUT2D eigenvalue weighted by Crippen LogP contribution is 1.98. The molecule has 1 unspecified atom stereocenters. The minimum atomic E-state index is -0.281. The van der Waals surface area contributed by atoms with Gasteiger partial charge in [0.05, 0.1) is 12.8 Å². The maximum atomic E-state index is 11.2. The van der Waals surface area contributed by atoms with Gasteiger partial charge in [-0.25, -0.2) is 0 Å². The molecule has 0 bridgehead atoms. The summed E-state index contributed by atoms with van der Waals surface area (Å²) >= 11 is 0. The van der Waals surface area contributed by atoms with Crippen molar-refractivity contribution in [2.24, 2.45) is 0 Å². The lowest BCUT2D eigenvalue weighted by Crippen LogP contribution is -2.36. The third-order valence-corrected chi connectivity index (χ3v) is 1.91. The number of aromatic nitrogens is 1. The fraction of sp³-hybridized carbons (Fsp3) is 0.556. The van der Waals surface area contributed by atoms with Gasteiger partial charge >= 0.3 is 5.97 Å². The fourth-order valence-corrected chi connectivity index (χ4v) is 1.09. The number of nitrogens with zero attached hydrogens (tertiary/aromatic N) is 1. The van der Waals surface area contributed by atoms with Crippen LogP contribution in [0, 0.1) is 0 Å². The first-order chi connectivity index (χ1) is 6.77. The van der Waals surface area contributed by atoms with E-state index in [0.717, 1.165) is 5.69 Å². The van der Waals surface area contributed by atoms with Crippen LogP contribution in [-0.2, 0) is 16.1 Å². The molecule has 0 amide bonds. The lowest BCUT2D eigenvalue weighted by atomic mass is 10.2. The van der Waals surface area contributed by atoms with Crippen LogP contribution < -0.4 is 5.32 Å². The van der Waals surface area contributed by atoms with Gasteiger partial charge in [-0.15, -0.1) is 0 Å². The Bertz CT molecular complexity index is 272. The molecule has 0 spiro atoms. The Morgan fingerprint density at radius 3 is 3.07 bits per heavy atom. The molecular weight excluding hydrogens is 184 g/mol. The van der Waals surface area contributed by atoms with Gasteiger partial charge in [0.15, 0.2) is 0 Å². The molecule has 1 aromatic heterocycles. The Morgan fingerprint density at radius 1 is 1.79 bits per heavy atom. The molecule has 0 fully saturated rings. The van der Waals surface area contributed by atoms with E-state index in [-0.39, 0.29) is 12.0 Å². The van der Waals surface area contributed by atoms with E-state index in [1.807, 2.05) is 6.92 Å². The molecule has 1 aromatic rings. The SMILES string of the molecule is CCC(NCc1ccon1)C(=O)OC. The Hall–Kier alpha value is -1.36. The minimum absolute atomic E-state index is 0.254. The van der Waals surface area contributed by atoms with Crippen LogP contribution in [0.5, 0.6) is 0 Å². The predicted octanol–water partition coefficient (Wildman–Crippen LogP) is 0.716. The van der Waals surface area contributed by atoms with Gasteiger partial charge in [0.25, 0.3) is 0 Å². The highest BCUT2D eigenvalue weighted by Gasteiger charge is 2.15. The van der Waals surface area contributed by atoms with Gasteiger partial charge in [-0.3, -0.25) is 10.1 Å². The molecule has 78 valence electrons. The second-order valence-electron chi connectivity index (χ2n) is 2.86. The fourth-order valence-electron chi connectivity index (χ4n) is 1.09. The summed E-state index contributed by atoms with van der Waals surface area (Å²) < 4.78 is 9.29. The number of methoxy groups -OCH3 is 1. The first-order valence-corrected chi connectivity index (χ1v) is 4.48. The molecule has 0 aliphatic rings. The van der Waals surface area contributed by atoms with Gasteiger partial charge in [-0.2, -0.15) is 0 Å². The molecule has 1 rings (SSSR count). The summed E-state index contributed by atoms with van der Waals surface area (Å²) in [7, 11) is 1.38. The van der Waals surface area contributed by atoms with E-state index in [4.69, 9.17) is 0 Å². The van der Waals surface area contributed by atoms with Gasteiger partial charge in [0.2, 0.25) is 0 Å². The van der Waals surface area contributed by atoms with Crippen LogP contribution in [0.1, 0.15) is 19.0 Å². The van der Waals surface area contributed by atoms with Gasteiger partial charge in [-0.05, 0) is 6.42 Å². The molecule has 0 aliphatic carbocycles. The number of hydrogen-bond donors (Lipinski definition) is 1. The number of nitrogens with one attached hydrogen (secondary N) is 1. The summed E-state index contributed by atoms with van der Waals surface area (Å²) in [5, 5.41) is 6.74. The van der Waals surface area contributed by atoms with Crippen molar-refractivity contribution >= 4 is 5.97 Å². The van der Waals surface area contributed by atoms with Crippen molar-refractivity contribution in [3.05, 3.63) is 18.0 Å². The molecule has 5 nitrogen and oxygen atoms in total. The van der Waals surface area contributed by atoms with Crippen LogP contribution >= 0.6 is 0 Å². The van der Waals surface area contributed by atoms with Crippen LogP contribution in [-0.4, -0.2) is 24.3 Å². The number of esters is 1. The number of rotatable bonds is 5. The van der Waals surface area contributed by atoms with Crippen LogP contribution in [0.25, 0.3) is 0 Å². The quantitative estimate of drug-likeness (QED) is 0.706. The van der Waals surface area contributed by atoms with Crippen LogP contribution in [0.3, 0.4) is 0 Å². The minimum Gasteiger partial charge on any atom is -0.468 e. The summed E-state index contributed by atoms with van der Waals surface area (Å²) in [6.45, 7) is 2.42. The molecule has 0 radical (unpaired) electrons. The van der Waals surface area contributed by atoms with E-state index >= 15 is 0 Å². The molecular formula is C9H14N2O3. The normalized spacial score (nSPS) is 12.4. The topological polar surface area (TPSA) is 64.4 Å². The summed E-state index contributed by atoms with van der Waals surface area (Å²) in [4.78, 5) is 11.2. The lowest BCUT2D eigenvalue weighted by molar-refractivity contribution is -0.143. The van der Waals surface area contributed by atoms with E-state index in [9.17, 15) is 4.79 Å². The van der Waals surface area contributed by atoms with E-state index in [0.29, 0.717) is 13.0 Å². The van der Waals surface area contributed by atoms with Gasteiger partial charge < -0.3 is 9.26 Å². The first kappa shape index (κ1) is 10.7. The van der Waals surface area contributed by atoms with Gasteiger partial charge in [0, 0.05) is 12.6 Å². The number of ether oxygens (including phenoxy) is 1. The van der Waals surface area contributed by atoms with Crippen molar-refractivity contribution in [2.75, 3.05) is 7.11 Å². The van der Waals surface area contributed by atoms with Crippen LogP contribution in [0.2, 0.25) is 0 Å². The Morgan fingerprint density at radius 2 is 2.57 bits per heavy atom. The summed E-state index contributed by atoms with van der Waals surface area (Å²) in [5.41, 5.74) is 0.771. The molecule has 5 heteroatoms. The number of carbonyl (C=O) groups excluding carboxylic acids is 1. The third-order valence-electron chi connectivity index (χ3n) is 1.91. The largest absolute Gasteiger partial charge is 0.468 e. The number of hydrogen-bond acceptors (Lipinski definition) is 5. The second kappa shape index (κ2) is 5.39. The van der Waals surface area contributed by atoms with E-state index in [1.54, 1.807) is 6.07 Å². The van der Waals surface area contributed by atoms with E-state index < -0.39 is 0 Å². The highest BCUT2D eigenvalue weighted by atomic mass is 16.5. The molecule has 0 aliphatic heterocycles. The Labute approximate surface area is 82.4 Å². The molecule has 0 saturated carbocycles. The molecule has 1 heterocycles.